The van der Waals surface area contributed by atoms with Crippen LogP contribution in [0.3, 0.4) is 0 Å². The van der Waals surface area contributed by atoms with Crippen LogP contribution in [0.15, 0.2) is 17.1 Å². The van der Waals surface area contributed by atoms with Gasteiger partial charge >= 0.3 is 0 Å². The van der Waals surface area contributed by atoms with Gasteiger partial charge in [0.2, 0.25) is 0 Å². The van der Waals surface area contributed by atoms with Crippen molar-refractivity contribution in [2.45, 2.75) is 6.04 Å². The van der Waals surface area contributed by atoms with E-state index in [1.165, 1.54) is 0 Å². The summed E-state index contributed by atoms with van der Waals surface area (Å²) < 4.78 is 42.8. The average Bonchev–Trinajstić information content (AvgIpc) is 2.66. The normalized spacial score (nSPS) is 19.8. The zero-order valence-electron chi connectivity index (χ0n) is 6.93. The highest BCUT2D eigenvalue weighted by Gasteiger charge is 2.19. The molecular weight excluding hydrogens is 195 g/mol. The highest BCUT2D eigenvalue weighted by atomic mass is 19.2. The second-order valence-corrected chi connectivity index (χ2v) is 2.85. The van der Waals surface area contributed by atoms with Gasteiger partial charge in [-0.3, -0.25) is 0 Å². The Hall–Kier alpha value is -1.52. The van der Waals surface area contributed by atoms with Gasteiger partial charge in [-0.15, -0.1) is 0 Å². The molecule has 14 heavy (non-hydrogen) atoms. The number of benzene rings is 1. The van der Waals surface area contributed by atoms with Crippen molar-refractivity contribution in [3.8, 4) is 0 Å². The van der Waals surface area contributed by atoms with Gasteiger partial charge < -0.3 is 4.74 Å². The topological polar surface area (TPSA) is 21.6 Å². The molecule has 1 unspecified atom stereocenters. The summed E-state index contributed by atoms with van der Waals surface area (Å²) in [6.45, 7) is 0.171. The fraction of sp³-hybridized carbons (Fsp3) is 0.222. The first-order valence-electron chi connectivity index (χ1n) is 3.89. The summed E-state index contributed by atoms with van der Waals surface area (Å²) in [7, 11) is 0. The molecule has 1 aromatic rings. The van der Waals surface area contributed by atoms with Gasteiger partial charge in [-0.25, -0.2) is 18.2 Å². The van der Waals surface area contributed by atoms with Crippen molar-refractivity contribution in [1.82, 2.24) is 0 Å². The van der Waals surface area contributed by atoms with Crippen molar-refractivity contribution >= 4 is 6.40 Å². The van der Waals surface area contributed by atoms with Crippen molar-refractivity contribution in [3.63, 3.8) is 0 Å². The molecule has 0 saturated heterocycles. The van der Waals surface area contributed by atoms with E-state index in [1.807, 2.05) is 0 Å². The minimum atomic E-state index is -1.47. The van der Waals surface area contributed by atoms with Crippen molar-refractivity contribution < 1.29 is 17.9 Å². The summed E-state index contributed by atoms with van der Waals surface area (Å²) in [6, 6.07) is 1.31. The molecule has 0 aromatic heterocycles. The third-order valence-corrected chi connectivity index (χ3v) is 1.91. The van der Waals surface area contributed by atoms with Crippen LogP contribution >= 0.6 is 0 Å². The number of aliphatic imine (C=N–C) groups is 1. The van der Waals surface area contributed by atoms with E-state index >= 15 is 0 Å². The van der Waals surface area contributed by atoms with Crippen LogP contribution in [0.5, 0.6) is 0 Å². The van der Waals surface area contributed by atoms with Gasteiger partial charge in [0.15, 0.2) is 17.5 Å². The number of hydrogen-bond acceptors (Lipinski definition) is 2. The summed E-state index contributed by atoms with van der Waals surface area (Å²) in [6.07, 6.45) is 2.21. The second-order valence-electron chi connectivity index (χ2n) is 2.85. The molecular formula is C9H5F3NO. The lowest BCUT2D eigenvalue weighted by Crippen LogP contribution is -2.01. The first-order valence-corrected chi connectivity index (χ1v) is 3.89. The Labute approximate surface area is 78.0 Å². The molecule has 1 aliphatic rings. The molecule has 1 heterocycles. The Bertz CT molecular complexity index is 369. The van der Waals surface area contributed by atoms with E-state index in [9.17, 15) is 13.2 Å². The Morgan fingerprint density at radius 1 is 1.29 bits per heavy atom. The van der Waals surface area contributed by atoms with E-state index in [0.29, 0.717) is 0 Å². The Morgan fingerprint density at radius 2 is 1.93 bits per heavy atom. The summed E-state index contributed by atoms with van der Waals surface area (Å²) in [5.41, 5.74) is 0.242. The summed E-state index contributed by atoms with van der Waals surface area (Å²) in [5, 5.41) is 0. The molecule has 2 rings (SSSR count). The maximum Gasteiger partial charge on any atom is 0.273 e. The van der Waals surface area contributed by atoms with E-state index in [0.717, 1.165) is 12.1 Å². The molecule has 1 radical (unpaired) electrons. The Morgan fingerprint density at radius 3 is 2.43 bits per heavy atom. The summed E-state index contributed by atoms with van der Waals surface area (Å²) in [4.78, 5) is 3.69. The van der Waals surface area contributed by atoms with Crippen molar-refractivity contribution in [3.05, 3.63) is 35.1 Å². The molecule has 5 heteroatoms. The van der Waals surface area contributed by atoms with Crippen molar-refractivity contribution in [2.75, 3.05) is 6.61 Å². The summed E-state index contributed by atoms with van der Waals surface area (Å²) in [5.74, 6) is -3.91. The van der Waals surface area contributed by atoms with Crippen LogP contribution in [0.2, 0.25) is 0 Å². The van der Waals surface area contributed by atoms with Crippen LogP contribution in [-0.2, 0) is 4.74 Å². The smallest absolute Gasteiger partial charge is 0.273 e. The van der Waals surface area contributed by atoms with Crippen LogP contribution in [0.4, 0.5) is 13.2 Å². The van der Waals surface area contributed by atoms with Gasteiger partial charge in [0.25, 0.3) is 6.40 Å². The molecule has 0 fully saturated rings. The maximum absolute atomic E-state index is 12.8. The molecule has 1 aromatic carbocycles. The molecule has 0 aliphatic carbocycles. The van der Waals surface area contributed by atoms with Gasteiger partial charge in [0.05, 0.1) is 0 Å². The molecule has 0 saturated carbocycles. The molecule has 0 spiro atoms. The SMILES string of the molecule is Fc1cc(C2CO[C]=N2)cc(F)c1F. The fourth-order valence-corrected chi connectivity index (χ4v) is 1.19. The predicted octanol–water partition coefficient (Wildman–Crippen LogP) is 2.08. The van der Waals surface area contributed by atoms with E-state index in [1.54, 1.807) is 0 Å². The number of hydrogen-bond donors (Lipinski definition) is 0. The predicted molar refractivity (Wildman–Crippen MR) is 42.4 cm³/mol. The van der Waals surface area contributed by atoms with Crippen LogP contribution in [0.25, 0.3) is 0 Å². The van der Waals surface area contributed by atoms with Gasteiger partial charge in [-0.2, -0.15) is 0 Å². The van der Waals surface area contributed by atoms with Gasteiger partial charge in [0.1, 0.15) is 12.6 Å². The third kappa shape index (κ3) is 1.45. The molecule has 73 valence electrons. The quantitative estimate of drug-likeness (QED) is 0.636. The van der Waals surface area contributed by atoms with Crippen LogP contribution in [0, 0.1) is 17.5 Å². The van der Waals surface area contributed by atoms with Crippen molar-refractivity contribution in [2.24, 2.45) is 4.99 Å². The molecule has 1 aliphatic heterocycles. The molecule has 0 N–H and O–H groups in total. The number of rotatable bonds is 1. The van der Waals surface area contributed by atoms with Gasteiger partial charge in [-0.1, -0.05) is 0 Å². The minimum absolute atomic E-state index is 0.171. The van der Waals surface area contributed by atoms with Crippen molar-refractivity contribution in [1.29, 1.82) is 0 Å². The minimum Gasteiger partial charge on any atom is -0.471 e. The summed E-state index contributed by atoms with van der Waals surface area (Å²) >= 11 is 0. The van der Waals surface area contributed by atoms with Crippen LogP contribution < -0.4 is 0 Å². The highest BCUT2D eigenvalue weighted by Crippen LogP contribution is 2.24. The van der Waals surface area contributed by atoms with Gasteiger partial charge in [-0.05, 0) is 17.7 Å². The largest absolute Gasteiger partial charge is 0.471 e. The van der Waals surface area contributed by atoms with E-state index in [4.69, 9.17) is 0 Å². The molecule has 0 amide bonds. The molecule has 0 bridgehead atoms. The van der Waals surface area contributed by atoms with E-state index in [-0.39, 0.29) is 12.2 Å². The number of ether oxygens (including phenoxy) is 1. The Kier molecular flexibility index (Phi) is 2.15. The highest BCUT2D eigenvalue weighted by molar-refractivity contribution is 5.50. The maximum atomic E-state index is 12.8. The first kappa shape index (κ1) is 9.05. The first-order chi connectivity index (χ1) is 6.68. The fourth-order valence-electron chi connectivity index (χ4n) is 1.19. The molecule has 1 atom stereocenters. The van der Waals surface area contributed by atoms with E-state index in [2.05, 4.69) is 16.1 Å². The third-order valence-electron chi connectivity index (χ3n) is 1.91. The van der Waals surface area contributed by atoms with Gasteiger partial charge in [0, 0.05) is 0 Å². The molecule has 2 nitrogen and oxygen atoms in total. The average molecular weight is 200 g/mol. The Balaban J connectivity index is 2.39. The van der Waals surface area contributed by atoms with Crippen LogP contribution in [0.1, 0.15) is 11.6 Å². The zero-order valence-corrected chi connectivity index (χ0v) is 6.93. The van der Waals surface area contributed by atoms with E-state index < -0.39 is 23.5 Å². The lowest BCUT2D eigenvalue weighted by Gasteiger charge is -2.06. The number of halogens is 3. The standard InChI is InChI=1S/C9H5F3NO/c10-6-1-5(2-7(11)9(6)12)8-3-14-4-13-8/h1-2,8H,3H2. The lowest BCUT2D eigenvalue weighted by molar-refractivity contribution is 0.329. The lowest BCUT2D eigenvalue weighted by atomic mass is 10.1. The number of nitrogens with zero attached hydrogens (tertiary/aromatic N) is 1. The monoisotopic (exact) mass is 200 g/mol. The second kappa shape index (κ2) is 3.32. The zero-order chi connectivity index (χ0) is 10.1. The van der Waals surface area contributed by atoms with Crippen LogP contribution in [-0.4, -0.2) is 13.0 Å².